The van der Waals surface area contributed by atoms with Gasteiger partial charge in [0.05, 0.1) is 26.4 Å². The van der Waals surface area contributed by atoms with E-state index in [1.165, 1.54) is 25.7 Å². The number of methoxy groups -OCH3 is 1. The van der Waals surface area contributed by atoms with Crippen molar-refractivity contribution in [2.24, 2.45) is 4.99 Å². The van der Waals surface area contributed by atoms with Crippen molar-refractivity contribution in [2.75, 3.05) is 40.0 Å². The van der Waals surface area contributed by atoms with Gasteiger partial charge in [-0.15, -0.1) is 0 Å². The number of hydrogen-bond acceptors (Lipinski definition) is 3. The molecular formula is C15H33N3O2. The normalized spacial score (nSPS) is 13.3. The number of guanidine groups is 1. The topological polar surface area (TPSA) is 54.9 Å². The Balaban J connectivity index is 3.87. The fourth-order valence-corrected chi connectivity index (χ4v) is 1.79. The molecule has 0 radical (unpaired) electrons. The first kappa shape index (κ1) is 19.2. The molecule has 0 aliphatic heterocycles. The Bertz CT molecular complexity index is 235. The van der Waals surface area contributed by atoms with E-state index in [9.17, 15) is 0 Å². The molecule has 120 valence electrons. The van der Waals surface area contributed by atoms with E-state index in [0.717, 1.165) is 12.5 Å². The van der Waals surface area contributed by atoms with Gasteiger partial charge in [0, 0.05) is 19.7 Å². The summed E-state index contributed by atoms with van der Waals surface area (Å²) in [6.45, 7) is 9.95. The summed E-state index contributed by atoms with van der Waals surface area (Å²) in [6, 6.07) is 0.453. The van der Waals surface area contributed by atoms with Crippen molar-refractivity contribution in [1.29, 1.82) is 0 Å². The van der Waals surface area contributed by atoms with E-state index in [1.807, 2.05) is 0 Å². The van der Waals surface area contributed by atoms with Crippen molar-refractivity contribution in [3.8, 4) is 0 Å². The number of unbranched alkanes of at least 4 members (excludes halogenated alkanes) is 2. The summed E-state index contributed by atoms with van der Waals surface area (Å²) in [5.74, 6) is 0.881. The van der Waals surface area contributed by atoms with Gasteiger partial charge in [-0.05, 0) is 20.3 Å². The molecule has 0 amide bonds. The fourth-order valence-electron chi connectivity index (χ4n) is 1.79. The smallest absolute Gasteiger partial charge is 0.191 e. The van der Waals surface area contributed by atoms with Gasteiger partial charge in [-0.25, -0.2) is 0 Å². The maximum atomic E-state index is 5.40. The highest BCUT2D eigenvalue weighted by Gasteiger charge is 2.04. The number of nitrogens with zero attached hydrogens (tertiary/aromatic N) is 1. The quantitative estimate of drug-likeness (QED) is 0.328. The predicted molar refractivity (Wildman–Crippen MR) is 85.4 cm³/mol. The fraction of sp³-hybridized carbons (Fsp3) is 0.933. The molecule has 2 N–H and O–H groups in total. The molecule has 0 rings (SSSR count). The molecule has 0 spiro atoms. The summed E-state index contributed by atoms with van der Waals surface area (Å²) in [7, 11) is 1.68. The largest absolute Gasteiger partial charge is 0.382 e. The maximum absolute atomic E-state index is 5.40. The zero-order chi connectivity index (χ0) is 15.1. The van der Waals surface area contributed by atoms with Crippen LogP contribution in [0.15, 0.2) is 4.99 Å². The van der Waals surface area contributed by atoms with Crippen LogP contribution in [0.4, 0.5) is 0 Å². The van der Waals surface area contributed by atoms with Gasteiger partial charge < -0.3 is 20.1 Å². The minimum Gasteiger partial charge on any atom is -0.382 e. The Kier molecular flexibility index (Phi) is 14.0. The van der Waals surface area contributed by atoms with Crippen LogP contribution in [0.3, 0.4) is 0 Å². The van der Waals surface area contributed by atoms with Crippen LogP contribution in [0.5, 0.6) is 0 Å². The van der Waals surface area contributed by atoms with E-state index in [0.29, 0.717) is 32.4 Å². The van der Waals surface area contributed by atoms with Gasteiger partial charge in [-0.1, -0.05) is 26.2 Å². The highest BCUT2D eigenvalue weighted by Crippen LogP contribution is 2.02. The van der Waals surface area contributed by atoms with E-state index in [2.05, 4.69) is 36.4 Å². The Hall–Kier alpha value is -0.810. The zero-order valence-electron chi connectivity index (χ0n) is 13.7. The minimum atomic E-state index is 0.453. The molecule has 5 nitrogen and oxygen atoms in total. The van der Waals surface area contributed by atoms with E-state index in [1.54, 1.807) is 7.11 Å². The molecule has 0 aliphatic carbocycles. The second kappa shape index (κ2) is 14.6. The van der Waals surface area contributed by atoms with Gasteiger partial charge in [-0.3, -0.25) is 4.99 Å². The second-order valence-corrected chi connectivity index (χ2v) is 4.91. The molecule has 0 aromatic heterocycles. The molecule has 0 fully saturated rings. The van der Waals surface area contributed by atoms with Gasteiger partial charge in [0.2, 0.25) is 0 Å². The number of nitrogens with one attached hydrogen (secondary N) is 2. The van der Waals surface area contributed by atoms with Crippen molar-refractivity contribution in [3.05, 3.63) is 0 Å². The SMILES string of the molecule is CCCCCC(C)NC(=NCCOCCOC)NCC. The third-order valence-electron chi connectivity index (χ3n) is 2.91. The van der Waals surface area contributed by atoms with Crippen LogP contribution in [0.2, 0.25) is 0 Å². The first-order valence-electron chi connectivity index (χ1n) is 7.86. The molecule has 0 bridgehead atoms. The Morgan fingerprint density at radius 1 is 1.15 bits per heavy atom. The average molecular weight is 287 g/mol. The van der Waals surface area contributed by atoms with Crippen LogP contribution in [0.1, 0.15) is 46.5 Å². The van der Waals surface area contributed by atoms with Crippen LogP contribution < -0.4 is 10.6 Å². The summed E-state index contributed by atoms with van der Waals surface area (Å²) in [6.07, 6.45) is 5.01. The molecule has 0 aromatic rings. The first-order valence-corrected chi connectivity index (χ1v) is 7.86. The standard InChI is InChI=1S/C15H33N3O2/c1-5-7-8-9-14(3)18-15(16-6-2)17-10-11-20-13-12-19-4/h14H,5-13H2,1-4H3,(H2,16,17,18). The molecule has 0 heterocycles. The summed E-state index contributed by atoms with van der Waals surface area (Å²) < 4.78 is 10.3. The Labute approximate surface area is 124 Å². The lowest BCUT2D eigenvalue weighted by Gasteiger charge is -2.17. The van der Waals surface area contributed by atoms with E-state index in [-0.39, 0.29) is 0 Å². The van der Waals surface area contributed by atoms with Crippen molar-refractivity contribution >= 4 is 5.96 Å². The number of rotatable bonds is 12. The lowest BCUT2D eigenvalue weighted by Crippen LogP contribution is -2.42. The molecule has 1 atom stereocenters. The summed E-state index contributed by atoms with van der Waals surface area (Å²) in [5, 5.41) is 6.70. The average Bonchev–Trinajstić information content (AvgIpc) is 2.43. The molecule has 5 heteroatoms. The molecule has 0 aliphatic rings. The summed E-state index contributed by atoms with van der Waals surface area (Å²) >= 11 is 0. The van der Waals surface area contributed by atoms with Gasteiger partial charge in [0.1, 0.15) is 0 Å². The van der Waals surface area contributed by atoms with E-state index in [4.69, 9.17) is 9.47 Å². The van der Waals surface area contributed by atoms with Gasteiger partial charge in [-0.2, -0.15) is 0 Å². The van der Waals surface area contributed by atoms with Crippen LogP contribution >= 0.6 is 0 Å². The van der Waals surface area contributed by atoms with Crippen molar-refractivity contribution in [3.63, 3.8) is 0 Å². The molecule has 20 heavy (non-hydrogen) atoms. The number of aliphatic imine (C=N–C) groups is 1. The highest BCUT2D eigenvalue weighted by atomic mass is 16.5. The molecule has 1 unspecified atom stereocenters. The zero-order valence-corrected chi connectivity index (χ0v) is 13.7. The maximum Gasteiger partial charge on any atom is 0.191 e. The van der Waals surface area contributed by atoms with Gasteiger partial charge in [0.15, 0.2) is 5.96 Å². The second-order valence-electron chi connectivity index (χ2n) is 4.91. The van der Waals surface area contributed by atoms with Crippen molar-refractivity contribution in [1.82, 2.24) is 10.6 Å². The van der Waals surface area contributed by atoms with Crippen LogP contribution in [-0.4, -0.2) is 52.0 Å². The van der Waals surface area contributed by atoms with E-state index < -0.39 is 0 Å². The Morgan fingerprint density at radius 3 is 2.60 bits per heavy atom. The van der Waals surface area contributed by atoms with Crippen LogP contribution in [-0.2, 0) is 9.47 Å². The Morgan fingerprint density at radius 2 is 1.95 bits per heavy atom. The van der Waals surface area contributed by atoms with Crippen LogP contribution in [0.25, 0.3) is 0 Å². The number of hydrogen-bond donors (Lipinski definition) is 2. The summed E-state index contributed by atoms with van der Waals surface area (Å²) in [4.78, 5) is 4.51. The van der Waals surface area contributed by atoms with Crippen molar-refractivity contribution in [2.45, 2.75) is 52.5 Å². The van der Waals surface area contributed by atoms with Gasteiger partial charge in [0.25, 0.3) is 0 Å². The first-order chi connectivity index (χ1) is 9.74. The molecule has 0 saturated carbocycles. The van der Waals surface area contributed by atoms with Crippen LogP contribution in [0, 0.1) is 0 Å². The monoisotopic (exact) mass is 287 g/mol. The summed E-state index contributed by atoms with van der Waals surface area (Å²) in [5.41, 5.74) is 0. The highest BCUT2D eigenvalue weighted by molar-refractivity contribution is 5.80. The number of ether oxygens (including phenoxy) is 2. The lowest BCUT2D eigenvalue weighted by molar-refractivity contribution is 0.0748. The molecular weight excluding hydrogens is 254 g/mol. The van der Waals surface area contributed by atoms with E-state index >= 15 is 0 Å². The lowest BCUT2D eigenvalue weighted by atomic mass is 10.1. The van der Waals surface area contributed by atoms with Crippen molar-refractivity contribution < 1.29 is 9.47 Å². The predicted octanol–water partition coefficient (Wildman–Crippen LogP) is 2.17. The molecule has 0 saturated heterocycles. The third-order valence-corrected chi connectivity index (χ3v) is 2.91. The molecule has 0 aromatic carbocycles. The van der Waals surface area contributed by atoms with Gasteiger partial charge >= 0.3 is 0 Å². The minimum absolute atomic E-state index is 0.453. The third kappa shape index (κ3) is 12.2.